The number of pyridine rings is 1. The first kappa shape index (κ1) is 11.7. The summed E-state index contributed by atoms with van der Waals surface area (Å²) in [6, 6.07) is 5.95. The van der Waals surface area contributed by atoms with E-state index < -0.39 is 0 Å². The number of hydrogen-bond acceptors (Lipinski definition) is 4. The molecule has 2 heterocycles. The zero-order chi connectivity index (χ0) is 12.1. The van der Waals surface area contributed by atoms with Gasteiger partial charge in [0.05, 0.1) is 11.7 Å². The number of aromatic nitrogens is 3. The lowest BCUT2D eigenvalue weighted by molar-refractivity contribution is 0.539. The highest BCUT2D eigenvalue weighted by molar-refractivity contribution is 5.17. The minimum absolute atomic E-state index is 0.123. The minimum atomic E-state index is 0.123. The molecule has 1 N–H and O–H groups in total. The molecule has 4 heteroatoms. The van der Waals surface area contributed by atoms with Gasteiger partial charge in [0.15, 0.2) is 0 Å². The maximum Gasteiger partial charge on any atom is 0.144 e. The van der Waals surface area contributed by atoms with Crippen molar-refractivity contribution in [3.05, 3.63) is 53.9 Å². The monoisotopic (exact) mass is 228 g/mol. The molecule has 0 amide bonds. The molecule has 1 atom stereocenters. The van der Waals surface area contributed by atoms with Crippen molar-refractivity contribution in [2.45, 2.75) is 26.4 Å². The standard InChI is InChI=1S/C13H16N4/c1-10-5-3-6-14-12(10)9-17-11(2)13-15-7-4-8-16-13/h3-8,11,17H,9H2,1-2H3. The molecule has 0 bridgehead atoms. The van der Waals surface area contributed by atoms with Gasteiger partial charge in [0.1, 0.15) is 5.82 Å². The molecule has 0 aliphatic heterocycles. The van der Waals surface area contributed by atoms with Gasteiger partial charge >= 0.3 is 0 Å². The second-order valence-electron chi connectivity index (χ2n) is 3.98. The molecule has 2 aromatic rings. The molecule has 0 spiro atoms. The highest BCUT2D eigenvalue weighted by atomic mass is 15.0. The molecule has 0 fully saturated rings. The highest BCUT2D eigenvalue weighted by Gasteiger charge is 2.07. The Balaban J connectivity index is 1.97. The van der Waals surface area contributed by atoms with E-state index in [1.807, 2.05) is 25.3 Å². The van der Waals surface area contributed by atoms with Gasteiger partial charge in [-0.3, -0.25) is 4.98 Å². The van der Waals surface area contributed by atoms with Crippen molar-refractivity contribution in [2.75, 3.05) is 0 Å². The van der Waals surface area contributed by atoms with Crippen LogP contribution >= 0.6 is 0 Å². The van der Waals surface area contributed by atoms with Gasteiger partial charge in [-0.05, 0) is 31.5 Å². The fourth-order valence-corrected chi connectivity index (χ4v) is 1.58. The summed E-state index contributed by atoms with van der Waals surface area (Å²) in [5.74, 6) is 0.807. The van der Waals surface area contributed by atoms with Crippen LogP contribution in [-0.2, 0) is 6.54 Å². The molecule has 1 unspecified atom stereocenters. The normalized spacial score (nSPS) is 12.4. The van der Waals surface area contributed by atoms with Crippen LogP contribution in [0.4, 0.5) is 0 Å². The summed E-state index contributed by atoms with van der Waals surface area (Å²) < 4.78 is 0. The van der Waals surface area contributed by atoms with E-state index in [-0.39, 0.29) is 6.04 Å². The Bertz CT molecular complexity index is 470. The van der Waals surface area contributed by atoms with Gasteiger partial charge in [-0.25, -0.2) is 9.97 Å². The topological polar surface area (TPSA) is 50.7 Å². The number of nitrogens with one attached hydrogen (secondary N) is 1. The van der Waals surface area contributed by atoms with E-state index in [1.54, 1.807) is 12.4 Å². The molecule has 2 rings (SSSR count). The summed E-state index contributed by atoms with van der Waals surface area (Å²) >= 11 is 0. The number of aryl methyl sites for hydroxylation is 1. The molecule has 0 saturated heterocycles. The van der Waals surface area contributed by atoms with Crippen LogP contribution in [0.25, 0.3) is 0 Å². The lowest BCUT2D eigenvalue weighted by Gasteiger charge is -2.12. The summed E-state index contributed by atoms with van der Waals surface area (Å²) in [5, 5.41) is 3.37. The summed E-state index contributed by atoms with van der Waals surface area (Å²) in [6.45, 7) is 4.84. The first-order chi connectivity index (χ1) is 8.27. The van der Waals surface area contributed by atoms with Gasteiger partial charge < -0.3 is 5.32 Å². The average Bonchev–Trinajstić information content (AvgIpc) is 2.38. The lowest BCUT2D eigenvalue weighted by atomic mass is 10.2. The van der Waals surface area contributed by atoms with Crippen molar-refractivity contribution < 1.29 is 0 Å². The molecule has 17 heavy (non-hydrogen) atoms. The largest absolute Gasteiger partial charge is 0.302 e. The molecule has 2 aromatic heterocycles. The van der Waals surface area contributed by atoms with E-state index in [4.69, 9.17) is 0 Å². The van der Waals surface area contributed by atoms with Gasteiger partial charge in [-0.1, -0.05) is 6.07 Å². The quantitative estimate of drug-likeness (QED) is 0.870. The second kappa shape index (κ2) is 5.50. The summed E-state index contributed by atoms with van der Waals surface area (Å²) in [7, 11) is 0. The number of rotatable bonds is 4. The minimum Gasteiger partial charge on any atom is -0.302 e. The fraction of sp³-hybridized carbons (Fsp3) is 0.308. The van der Waals surface area contributed by atoms with Crippen molar-refractivity contribution in [1.29, 1.82) is 0 Å². The van der Waals surface area contributed by atoms with Gasteiger partial charge in [-0.15, -0.1) is 0 Å². The summed E-state index contributed by atoms with van der Waals surface area (Å²) in [4.78, 5) is 12.8. The third kappa shape index (κ3) is 3.07. The molecule has 0 saturated carbocycles. The van der Waals surface area contributed by atoms with Crippen LogP contribution in [-0.4, -0.2) is 15.0 Å². The predicted molar refractivity (Wildman–Crippen MR) is 66.3 cm³/mol. The third-order valence-electron chi connectivity index (χ3n) is 2.67. The van der Waals surface area contributed by atoms with Gasteiger partial charge in [0.25, 0.3) is 0 Å². The Labute approximate surface area is 101 Å². The van der Waals surface area contributed by atoms with E-state index in [1.165, 1.54) is 5.56 Å². The van der Waals surface area contributed by atoms with E-state index in [0.717, 1.165) is 18.1 Å². The number of nitrogens with zero attached hydrogens (tertiary/aromatic N) is 3. The van der Waals surface area contributed by atoms with Crippen molar-refractivity contribution >= 4 is 0 Å². The molecule has 0 radical (unpaired) electrons. The third-order valence-corrected chi connectivity index (χ3v) is 2.67. The van der Waals surface area contributed by atoms with Gasteiger partial charge in [-0.2, -0.15) is 0 Å². The first-order valence-corrected chi connectivity index (χ1v) is 5.68. The molecule has 0 aliphatic carbocycles. The molecule has 88 valence electrons. The SMILES string of the molecule is Cc1cccnc1CNC(C)c1ncccn1. The highest BCUT2D eigenvalue weighted by Crippen LogP contribution is 2.08. The lowest BCUT2D eigenvalue weighted by Crippen LogP contribution is -2.21. The molecule has 0 aliphatic rings. The van der Waals surface area contributed by atoms with Crippen molar-refractivity contribution in [3.63, 3.8) is 0 Å². The number of hydrogen-bond donors (Lipinski definition) is 1. The van der Waals surface area contributed by atoms with Crippen LogP contribution in [0.3, 0.4) is 0 Å². The van der Waals surface area contributed by atoms with Crippen molar-refractivity contribution in [1.82, 2.24) is 20.3 Å². The zero-order valence-electron chi connectivity index (χ0n) is 10.1. The van der Waals surface area contributed by atoms with Crippen LogP contribution < -0.4 is 5.32 Å². The Morgan fingerprint density at radius 1 is 1.12 bits per heavy atom. The fourth-order valence-electron chi connectivity index (χ4n) is 1.58. The van der Waals surface area contributed by atoms with Gasteiger partial charge in [0.2, 0.25) is 0 Å². The maximum absolute atomic E-state index is 4.34. The first-order valence-electron chi connectivity index (χ1n) is 5.68. The van der Waals surface area contributed by atoms with Crippen LogP contribution in [0.5, 0.6) is 0 Å². The molecule has 0 aromatic carbocycles. The summed E-state index contributed by atoms with van der Waals surface area (Å²) in [6.07, 6.45) is 5.33. The van der Waals surface area contributed by atoms with Crippen LogP contribution in [0.15, 0.2) is 36.8 Å². The van der Waals surface area contributed by atoms with Crippen molar-refractivity contribution in [3.8, 4) is 0 Å². The van der Waals surface area contributed by atoms with E-state index >= 15 is 0 Å². The zero-order valence-corrected chi connectivity index (χ0v) is 10.1. The van der Waals surface area contributed by atoms with Crippen molar-refractivity contribution in [2.24, 2.45) is 0 Å². The molecule has 4 nitrogen and oxygen atoms in total. The van der Waals surface area contributed by atoms with Gasteiger partial charge in [0, 0.05) is 25.1 Å². The Hall–Kier alpha value is -1.81. The average molecular weight is 228 g/mol. The Kier molecular flexibility index (Phi) is 3.77. The second-order valence-corrected chi connectivity index (χ2v) is 3.98. The Morgan fingerprint density at radius 3 is 2.53 bits per heavy atom. The molecular weight excluding hydrogens is 212 g/mol. The predicted octanol–water partition coefficient (Wildman–Crippen LogP) is 2.03. The van der Waals surface area contributed by atoms with E-state index in [9.17, 15) is 0 Å². The van der Waals surface area contributed by atoms with E-state index in [0.29, 0.717) is 0 Å². The van der Waals surface area contributed by atoms with Crippen LogP contribution in [0.2, 0.25) is 0 Å². The Morgan fingerprint density at radius 2 is 1.82 bits per heavy atom. The van der Waals surface area contributed by atoms with Crippen LogP contribution in [0.1, 0.15) is 30.0 Å². The smallest absolute Gasteiger partial charge is 0.144 e. The van der Waals surface area contributed by atoms with E-state index in [2.05, 4.69) is 33.3 Å². The maximum atomic E-state index is 4.34. The van der Waals surface area contributed by atoms with Crippen LogP contribution in [0, 0.1) is 6.92 Å². The summed E-state index contributed by atoms with van der Waals surface area (Å²) in [5.41, 5.74) is 2.26. The molecular formula is C13H16N4.